The fourth-order valence-electron chi connectivity index (χ4n) is 2.87. The third-order valence-electron chi connectivity index (χ3n) is 4.22. The molecule has 0 saturated heterocycles. The van der Waals surface area contributed by atoms with Crippen molar-refractivity contribution in [2.24, 2.45) is 11.8 Å². The van der Waals surface area contributed by atoms with Crippen LogP contribution in [0.15, 0.2) is 54.6 Å². The Labute approximate surface area is 151 Å². The van der Waals surface area contributed by atoms with Gasteiger partial charge in [-0.05, 0) is 36.1 Å². The lowest BCUT2D eigenvalue weighted by Crippen LogP contribution is -2.33. The fraction of sp³-hybridized carbons (Fsp3) is 0.250. The van der Waals surface area contributed by atoms with Crippen LogP contribution in [0.25, 0.3) is 0 Å². The molecule has 0 saturated carbocycles. The van der Waals surface area contributed by atoms with E-state index in [9.17, 15) is 24.6 Å². The molecule has 2 atom stereocenters. The van der Waals surface area contributed by atoms with Crippen molar-refractivity contribution >= 4 is 17.9 Å². The van der Waals surface area contributed by atoms with Gasteiger partial charge in [0, 0.05) is 0 Å². The van der Waals surface area contributed by atoms with Crippen LogP contribution < -0.4 is 0 Å². The maximum atomic E-state index is 11.8. The zero-order chi connectivity index (χ0) is 19.1. The van der Waals surface area contributed by atoms with Crippen molar-refractivity contribution in [2.75, 3.05) is 7.11 Å². The first-order valence-corrected chi connectivity index (χ1v) is 8.09. The predicted octanol–water partition coefficient (Wildman–Crippen LogP) is 2.66. The van der Waals surface area contributed by atoms with Gasteiger partial charge in [-0.3, -0.25) is 9.59 Å². The maximum Gasteiger partial charge on any atom is 0.337 e. The molecule has 26 heavy (non-hydrogen) atoms. The molecule has 2 rings (SSSR count). The van der Waals surface area contributed by atoms with Gasteiger partial charge in [0.1, 0.15) is 0 Å². The summed E-state index contributed by atoms with van der Waals surface area (Å²) in [6, 6.07) is 15.3. The zero-order valence-corrected chi connectivity index (χ0v) is 14.3. The first-order valence-electron chi connectivity index (χ1n) is 8.09. The van der Waals surface area contributed by atoms with Gasteiger partial charge in [0.15, 0.2) is 0 Å². The van der Waals surface area contributed by atoms with Gasteiger partial charge in [-0.2, -0.15) is 0 Å². The smallest absolute Gasteiger partial charge is 0.337 e. The highest BCUT2D eigenvalue weighted by Gasteiger charge is 2.34. The molecule has 0 bridgehead atoms. The normalized spacial score (nSPS) is 12.8. The van der Waals surface area contributed by atoms with E-state index in [2.05, 4.69) is 4.74 Å². The molecule has 6 heteroatoms. The number of benzene rings is 2. The fourth-order valence-corrected chi connectivity index (χ4v) is 2.87. The van der Waals surface area contributed by atoms with Crippen molar-refractivity contribution in [1.29, 1.82) is 0 Å². The Morgan fingerprint density at radius 1 is 0.846 bits per heavy atom. The van der Waals surface area contributed by atoms with E-state index in [0.29, 0.717) is 11.1 Å². The van der Waals surface area contributed by atoms with Crippen LogP contribution in [0.5, 0.6) is 0 Å². The molecule has 2 aromatic carbocycles. The number of esters is 1. The van der Waals surface area contributed by atoms with Crippen LogP contribution in [0, 0.1) is 11.8 Å². The molecule has 0 radical (unpaired) electrons. The molecule has 0 heterocycles. The molecule has 136 valence electrons. The molecule has 2 aromatic rings. The van der Waals surface area contributed by atoms with E-state index < -0.39 is 29.7 Å². The van der Waals surface area contributed by atoms with Gasteiger partial charge in [-0.15, -0.1) is 0 Å². The summed E-state index contributed by atoms with van der Waals surface area (Å²) in [5.41, 5.74) is 1.62. The van der Waals surface area contributed by atoms with Crippen molar-refractivity contribution in [2.45, 2.75) is 12.8 Å². The van der Waals surface area contributed by atoms with Gasteiger partial charge in [0.05, 0.1) is 24.5 Å². The van der Waals surface area contributed by atoms with Crippen molar-refractivity contribution in [3.8, 4) is 0 Å². The molecule has 2 N–H and O–H groups in total. The third kappa shape index (κ3) is 4.92. The summed E-state index contributed by atoms with van der Waals surface area (Å²) < 4.78 is 4.66. The van der Waals surface area contributed by atoms with Crippen molar-refractivity contribution in [3.05, 3.63) is 71.3 Å². The van der Waals surface area contributed by atoms with Crippen LogP contribution in [-0.4, -0.2) is 35.2 Å². The number of hydrogen-bond acceptors (Lipinski definition) is 4. The Hall–Kier alpha value is -3.15. The van der Waals surface area contributed by atoms with E-state index in [0.717, 1.165) is 5.56 Å². The summed E-state index contributed by atoms with van der Waals surface area (Å²) in [5.74, 6) is -5.09. The van der Waals surface area contributed by atoms with Crippen LogP contribution in [0.3, 0.4) is 0 Å². The monoisotopic (exact) mass is 356 g/mol. The van der Waals surface area contributed by atoms with E-state index in [4.69, 9.17) is 0 Å². The molecule has 0 amide bonds. The predicted molar refractivity (Wildman–Crippen MR) is 93.9 cm³/mol. The summed E-state index contributed by atoms with van der Waals surface area (Å²) in [6.07, 6.45) is 0.119. The Morgan fingerprint density at radius 2 is 1.38 bits per heavy atom. The molecule has 0 aliphatic carbocycles. The summed E-state index contributed by atoms with van der Waals surface area (Å²) in [5, 5.41) is 19.2. The molecule has 0 spiro atoms. The SMILES string of the molecule is COC(=O)c1cccc(C[C@@H](C(=O)O)[C@H](Cc2ccccc2)C(=O)O)c1. The quantitative estimate of drug-likeness (QED) is 0.705. The van der Waals surface area contributed by atoms with Crippen LogP contribution in [0.2, 0.25) is 0 Å². The maximum absolute atomic E-state index is 11.8. The summed E-state index contributed by atoms with van der Waals surface area (Å²) in [7, 11) is 1.26. The first-order chi connectivity index (χ1) is 12.4. The number of aliphatic carboxylic acids is 2. The molecule has 0 aliphatic rings. The van der Waals surface area contributed by atoms with Crippen molar-refractivity contribution < 1.29 is 29.3 Å². The van der Waals surface area contributed by atoms with Crippen molar-refractivity contribution in [1.82, 2.24) is 0 Å². The second-order valence-corrected chi connectivity index (χ2v) is 5.98. The van der Waals surface area contributed by atoms with Crippen LogP contribution in [0.4, 0.5) is 0 Å². The van der Waals surface area contributed by atoms with Gasteiger partial charge < -0.3 is 14.9 Å². The topological polar surface area (TPSA) is 101 Å². The molecule has 0 aliphatic heterocycles. The number of methoxy groups -OCH3 is 1. The largest absolute Gasteiger partial charge is 0.481 e. The highest BCUT2D eigenvalue weighted by Crippen LogP contribution is 2.24. The van der Waals surface area contributed by atoms with Gasteiger partial charge in [0.2, 0.25) is 0 Å². The molecule has 0 aromatic heterocycles. The number of ether oxygens (including phenoxy) is 1. The molecule has 0 unspecified atom stereocenters. The Kier molecular flexibility index (Phi) is 6.49. The van der Waals surface area contributed by atoms with E-state index in [1.807, 2.05) is 6.07 Å². The number of hydrogen-bond donors (Lipinski definition) is 2. The highest BCUT2D eigenvalue weighted by molar-refractivity contribution is 5.89. The zero-order valence-electron chi connectivity index (χ0n) is 14.3. The van der Waals surface area contributed by atoms with Gasteiger partial charge in [-0.25, -0.2) is 4.79 Å². The average molecular weight is 356 g/mol. The Morgan fingerprint density at radius 3 is 1.92 bits per heavy atom. The van der Waals surface area contributed by atoms with Crippen molar-refractivity contribution in [3.63, 3.8) is 0 Å². The lowest BCUT2D eigenvalue weighted by molar-refractivity contribution is -0.153. The van der Waals surface area contributed by atoms with Crippen LogP contribution in [0.1, 0.15) is 21.5 Å². The molecular formula is C20H20O6. The Balaban J connectivity index is 2.27. The van der Waals surface area contributed by atoms with Gasteiger partial charge in [-0.1, -0.05) is 42.5 Å². The summed E-state index contributed by atoms with van der Waals surface area (Å²) >= 11 is 0. The minimum Gasteiger partial charge on any atom is -0.481 e. The van der Waals surface area contributed by atoms with E-state index in [-0.39, 0.29) is 12.8 Å². The van der Waals surface area contributed by atoms with Crippen LogP contribution >= 0.6 is 0 Å². The minimum absolute atomic E-state index is 0.00394. The molecular weight excluding hydrogens is 336 g/mol. The second kappa shape index (κ2) is 8.80. The number of carboxylic acids is 2. The highest BCUT2D eigenvalue weighted by atomic mass is 16.5. The minimum atomic E-state index is -1.18. The lowest BCUT2D eigenvalue weighted by atomic mass is 9.82. The van der Waals surface area contributed by atoms with E-state index >= 15 is 0 Å². The third-order valence-corrected chi connectivity index (χ3v) is 4.22. The van der Waals surface area contributed by atoms with Gasteiger partial charge in [0.25, 0.3) is 0 Å². The average Bonchev–Trinajstić information content (AvgIpc) is 2.64. The summed E-state index contributed by atoms with van der Waals surface area (Å²) in [6.45, 7) is 0. The number of carbonyl (C=O) groups excluding carboxylic acids is 1. The van der Waals surface area contributed by atoms with E-state index in [1.165, 1.54) is 13.2 Å². The standard InChI is InChI=1S/C20H20O6/c1-26-20(25)15-9-5-8-14(10-15)12-17(19(23)24)16(18(21)22)11-13-6-3-2-4-7-13/h2-10,16-17H,11-12H2,1H3,(H,21,22)(H,23,24)/t16-,17+/m0/s1. The molecule has 6 nitrogen and oxygen atoms in total. The lowest BCUT2D eigenvalue weighted by Gasteiger charge is -2.21. The number of carboxylic acid groups (broad SMARTS) is 2. The second-order valence-electron chi connectivity index (χ2n) is 5.98. The first kappa shape index (κ1) is 19.2. The number of rotatable bonds is 8. The van der Waals surface area contributed by atoms with E-state index in [1.54, 1.807) is 42.5 Å². The van der Waals surface area contributed by atoms with Crippen LogP contribution in [-0.2, 0) is 27.2 Å². The van der Waals surface area contributed by atoms with Gasteiger partial charge >= 0.3 is 17.9 Å². The summed E-state index contributed by atoms with van der Waals surface area (Å²) in [4.78, 5) is 35.1. The Bertz CT molecular complexity index is 784. The molecule has 0 fully saturated rings. The number of carbonyl (C=O) groups is 3.